The molecule has 1 unspecified atom stereocenters. The fourth-order valence-electron chi connectivity index (χ4n) is 4.16. The molecule has 4 aromatic rings. The van der Waals surface area contributed by atoms with E-state index in [9.17, 15) is 18.7 Å². The number of aromatic hydroxyl groups is 1. The van der Waals surface area contributed by atoms with Gasteiger partial charge in [0, 0.05) is 11.3 Å². The van der Waals surface area contributed by atoms with E-state index in [1.165, 1.54) is 54.5 Å². The molecule has 0 spiro atoms. The van der Waals surface area contributed by atoms with Gasteiger partial charge in [0.2, 0.25) is 5.82 Å². The molecule has 0 fully saturated rings. The van der Waals surface area contributed by atoms with Crippen LogP contribution in [0.15, 0.2) is 77.0 Å². The van der Waals surface area contributed by atoms with Gasteiger partial charge in [-0.25, -0.2) is 13.6 Å². The highest BCUT2D eigenvalue weighted by atomic mass is 19.1. The van der Waals surface area contributed by atoms with Crippen LogP contribution in [-0.4, -0.2) is 28.4 Å². The van der Waals surface area contributed by atoms with E-state index in [-0.39, 0.29) is 23.2 Å². The quantitative estimate of drug-likeness (QED) is 0.387. The second-order valence-electron chi connectivity index (χ2n) is 8.06. The maximum Gasteiger partial charge on any atom is 0.327 e. The molecule has 5 rings (SSSR count). The van der Waals surface area contributed by atoms with Crippen molar-refractivity contribution in [3.8, 4) is 22.9 Å². The van der Waals surface area contributed by atoms with Crippen molar-refractivity contribution < 1.29 is 27.9 Å². The molecule has 8 nitrogen and oxygen atoms in total. The van der Waals surface area contributed by atoms with Crippen LogP contribution >= 0.6 is 0 Å². The Morgan fingerprint density at radius 2 is 1.81 bits per heavy atom. The number of phenolic OH excluding ortho intramolecular Hbond substituents is 1. The lowest BCUT2D eigenvalue weighted by Gasteiger charge is -2.35. The number of hydrogen-bond donors (Lipinski definition) is 2. The van der Waals surface area contributed by atoms with Gasteiger partial charge in [-0.1, -0.05) is 29.4 Å². The second-order valence-corrected chi connectivity index (χ2v) is 8.06. The Hall–Kier alpha value is -4.73. The Labute approximate surface area is 204 Å². The van der Waals surface area contributed by atoms with E-state index in [0.717, 1.165) is 0 Å². The highest BCUT2D eigenvalue weighted by Gasteiger charge is 2.37. The summed E-state index contributed by atoms with van der Waals surface area (Å²) in [6.07, 6.45) is 0. The predicted molar refractivity (Wildman–Crippen MR) is 127 cm³/mol. The van der Waals surface area contributed by atoms with Gasteiger partial charge in [-0.15, -0.1) is 0 Å². The number of benzene rings is 3. The lowest BCUT2D eigenvalue weighted by atomic mass is 9.94. The number of carbonyl (C=O) groups is 1. The molecule has 10 heteroatoms. The van der Waals surface area contributed by atoms with Crippen molar-refractivity contribution in [3.63, 3.8) is 0 Å². The largest absolute Gasteiger partial charge is 0.504 e. The molecule has 0 saturated heterocycles. The van der Waals surface area contributed by atoms with Gasteiger partial charge in [-0.3, -0.25) is 4.90 Å². The number of halogens is 2. The van der Waals surface area contributed by atoms with Crippen LogP contribution in [0.2, 0.25) is 0 Å². The summed E-state index contributed by atoms with van der Waals surface area (Å²) in [5, 5.41) is 17.2. The molecule has 0 saturated carbocycles. The number of rotatable bonds is 5. The molecule has 2 amide bonds. The van der Waals surface area contributed by atoms with Crippen molar-refractivity contribution in [2.45, 2.75) is 13.0 Å². The van der Waals surface area contributed by atoms with Crippen LogP contribution in [0.3, 0.4) is 0 Å². The second kappa shape index (κ2) is 9.14. The van der Waals surface area contributed by atoms with Crippen LogP contribution in [0.25, 0.3) is 17.0 Å². The van der Waals surface area contributed by atoms with Crippen LogP contribution in [0.4, 0.5) is 19.3 Å². The van der Waals surface area contributed by atoms with Crippen LogP contribution < -0.4 is 15.0 Å². The Balaban J connectivity index is 1.67. The van der Waals surface area contributed by atoms with Gasteiger partial charge in [0.15, 0.2) is 11.5 Å². The molecule has 1 aliphatic rings. The molecule has 0 bridgehead atoms. The standard InChI is InChI=1S/C26H20F2N4O4/c1-14-22(25-30-24(31-36-25)16-5-3-6-17(27)11-16)23(15-9-10-21(35-2)20(33)12-15)29-26(34)32(14)19-8-4-7-18(28)13-19/h3-13,23,33H,1-2H3,(H,29,34). The summed E-state index contributed by atoms with van der Waals surface area (Å²) in [6, 6.07) is 14.7. The van der Waals surface area contributed by atoms with E-state index in [1.807, 2.05) is 0 Å². The molecular weight excluding hydrogens is 470 g/mol. The van der Waals surface area contributed by atoms with Gasteiger partial charge in [-0.05, 0) is 55.0 Å². The van der Waals surface area contributed by atoms with Crippen molar-refractivity contribution >= 4 is 17.3 Å². The van der Waals surface area contributed by atoms with Crippen molar-refractivity contribution in [1.29, 1.82) is 0 Å². The fraction of sp³-hybridized carbons (Fsp3) is 0.115. The van der Waals surface area contributed by atoms with Gasteiger partial charge in [-0.2, -0.15) is 4.98 Å². The third-order valence-corrected chi connectivity index (χ3v) is 5.83. The van der Waals surface area contributed by atoms with E-state index < -0.39 is 23.7 Å². The minimum absolute atomic E-state index is 0.0634. The molecule has 3 aromatic carbocycles. The average molecular weight is 490 g/mol. The number of nitrogens with one attached hydrogen (secondary N) is 1. The zero-order chi connectivity index (χ0) is 25.4. The Morgan fingerprint density at radius 3 is 2.50 bits per heavy atom. The first kappa shape index (κ1) is 23.0. The molecule has 1 atom stereocenters. The summed E-state index contributed by atoms with van der Waals surface area (Å²) in [5.74, 6) is -0.620. The Bertz CT molecular complexity index is 1500. The zero-order valence-electron chi connectivity index (χ0n) is 19.2. The van der Waals surface area contributed by atoms with E-state index in [0.29, 0.717) is 28.1 Å². The van der Waals surface area contributed by atoms with Crippen molar-refractivity contribution in [1.82, 2.24) is 15.5 Å². The van der Waals surface area contributed by atoms with Crippen LogP contribution in [-0.2, 0) is 0 Å². The predicted octanol–water partition coefficient (Wildman–Crippen LogP) is 5.43. The molecule has 1 aliphatic heterocycles. The van der Waals surface area contributed by atoms with Crippen LogP contribution in [0, 0.1) is 11.6 Å². The number of phenols is 1. The van der Waals surface area contributed by atoms with Crippen molar-refractivity contribution in [3.05, 3.63) is 95.5 Å². The van der Waals surface area contributed by atoms with Gasteiger partial charge < -0.3 is 19.7 Å². The maximum absolute atomic E-state index is 14.0. The third-order valence-electron chi connectivity index (χ3n) is 5.83. The monoisotopic (exact) mass is 490 g/mol. The van der Waals surface area contributed by atoms with Gasteiger partial charge in [0.1, 0.15) is 11.6 Å². The normalized spacial score (nSPS) is 15.7. The van der Waals surface area contributed by atoms with E-state index in [1.54, 1.807) is 31.2 Å². The zero-order valence-corrected chi connectivity index (χ0v) is 19.2. The highest BCUT2D eigenvalue weighted by Crippen LogP contribution is 2.41. The number of ether oxygens (including phenoxy) is 1. The first-order chi connectivity index (χ1) is 17.4. The average Bonchev–Trinajstić information content (AvgIpc) is 3.33. The van der Waals surface area contributed by atoms with E-state index >= 15 is 0 Å². The van der Waals surface area contributed by atoms with Crippen LogP contribution in [0.5, 0.6) is 11.5 Å². The third kappa shape index (κ3) is 4.13. The molecule has 2 heterocycles. The summed E-state index contributed by atoms with van der Waals surface area (Å²) < 4.78 is 38.4. The first-order valence-corrected chi connectivity index (χ1v) is 10.9. The number of hydrogen-bond acceptors (Lipinski definition) is 6. The topological polar surface area (TPSA) is 101 Å². The molecule has 0 aliphatic carbocycles. The van der Waals surface area contributed by atoms with E-state index in [2.05, 4.69) is 15.5 Å². The van der Waals surface area contributed by atoms with Gasteiger partial charge in [0.25, 0.3) is 5.89 Å². The first-order valence-electron chi connectivity index (χ1n) is 10.9. The number of methoxy groups -OCH3 is 1. The summed E-state index contributed by atoms with van der Waals surface area (Å²) in [6.45, 7) is 1.67. The summed E-state index contributed by atoms with van der Waals surface area (Å²) in [7, 11) is 1.43. The number of allylic oxidation sites excluding steroid dienone is 1. The molecule has 36 heavy (non-hydrogen) atoms. The molecular formula is C26H20F2N4O4. The maximum atomic E-state index is 14.0. The van der Waals surface area contributed by atoms with Crippen LogP contribution in [0.1, 0.15) is 24.4 Å². The SMILES string of the molecule is COc1ccc(C2NC(=O)N(c3cccc(F)c3)C(C)=C2c2nc(-c3cccc(F)c3)no2)cc1O. The van der Waals surface area contributed by atoms with Gasteiger partial charge >= 0.3 is 6.03 Å². The number of aromatic nitrogens is 2. The number of amides is 2. The molecule has 1 aromatic heterocycles. The lowest BCUT2D eigenvalue weighted by Crippen LogP contribution is -2.46. The smallest absolute Gasteiger partial charge is 0.327 e. The molecule has 0 radical (unpaired) electrons. The lowest BCUT2D eigenvalue weighted by molar-refractivity contribution is 0.244. The molecule has 182 valence electrons. The number of nitrogens with zero attached hydrogens (tertiary/aromatic N) is 3. The number of urea groups is 1. The number of anilines is 1. The Kier molecular flexibility index (Phi) is 5.85. The van der Waals surface area contributed by atoms with Crippen molar-refractivity contribution in [2.24, 2.45) is 0 Å². The Morgan fingerprint density at radius 1 is 1.06 bits per heavy atom. The van der Waals surface area contributed by atoms with Crippen molar-refractivity contribution in [2.75, 3.05) is 12.0 Å². The minimum atomic E-state index is -0.806. The molecule has 2 N–H and O–H groups in total. The summed E-state index contributed by atoms with van der Waals surface area (Å²) >= 11 is 0. The summed E-state index contributed by atoms with van der Waals surface area (Å²) in [4.78, 5) is 19.0. The fourth-order valence-corrected chi connectivity index (χ4v) is 4.16. The minimum Gasteiger partial charge on any atom is -0.504 e. The van der Waals surface area contributed by atoms with Gasteiger partial charge in [0.05, 0.1) is 24.4 Å². The highest BCUT2D eigenvalue weighted by molar-refractivity contribution is 6.01. The van der Waals surface area contributed by atoms with E-state index in [4.69, 9.17) is 9.26 Å². The summed E-state index contributed by atoms with van der Waals surface area (Å²) in [5.41, 5.74) is 2.03. The number of carbonyl (C=O) groups excluding carboxylic acids is 1.